The standard InChI is InChI=1S/C21H27N3O3S/c1-23(28(2,26)27)20-10-6-9-19(15-20)22-21(25)18-11-13-24(14-12-18)16-17-7-4-3-5-8-17/h3-10,15,18H,11-14,16H2,1-2H3,(H,22,25). The number of nitrogens with zero attached hydrogens (tertiary/aromatic N) is 2. The second-order valence-electron chi connectivity index (χ2n) is 7.31. The van der Waals surface area contributed by atoms with Gasteiger partial charge >= 0.3 is 0 Å². The number of hydrogen-bond acceptors (Lipinski definition) is 4. The molecular weight excluding hydrogens is 374 g/mol. The molecule has 2 aromatic carbocycles. The Morgan fingerprint density at radius 2 is 1.79 bits per heavy atom. The van der Waals surface area contributed by atoms with Gasteiger partial charge in [0.1, 0.15) is 0 Å². The third-order valence-electron chi connectivity index (χ3n) is 5.18. The van der Waals surface area contributed by atoms with E-state index in [9.17, 15) is 13.2 Å². The Morgan fingerprint density at radius 1 is 1.11 bits per heavy atom. The highest BCUT2D eigenvalue weighted by Crippen LogP contribution is 2.24. The maximum atomic E-state index is 12.6. The molecule has 3 rings (SSSR count). The number of rotatable bonds is 6. The molecule has 1 N–H and O–H groups in total. The summed E-state index contributed by atoms with van der Waals surface area (Å²) in [7, 11) is -1.84. The van der Waals surface area contributed by atoms with Crippen molar-refractivity contribution in [1.29, 1.82) is 0 Å². The Balaban J connectivity index is 1.55. The van der Waals surface area contributed by atoms with Crippen LogP contribution in [0, 0.1) is 5.92 Å². The van der Waals surface area contributed by atoms with E-state index in [0.717, 1.165) is 38.7 Å². The van der Waals surface area contributed by atoms with Crippen LogP contribution >= 0.6 is 0 Å². The van der Waals surface area contributed by atoms with Crippen LogP contribution in [0.5, 0.6) is 0 Å². The van der Waals surface area contributed by atoms with Gasteiger partial charge in [-0.25, -0.2) is 8.42 Å². The SMILES string of the molecule is CN(c1cccc(NC(=O)C2CCN(Cc3ccccc3)CC2)c1)S(C)(=O)=O. The Hall–Kier alpha value is -2.38. The molecule has 0 radical (unpaired) electrons. The molecule has 7 heteroatoms. The predicted molar refractivity (Wildman–Crippen MR) is 113 cm³/mol. The van der Waals surface area contributed by atoms with Crippen LogP contribution in [0.25, 0.3) is 0 Å². The van der Waals surface area contributed by atoms with Crippen molar-refractivity contribution in [2.45, 2.75) is 19.4 Å². The number of carbonyl (C=O) groups is 1. The van der Waals surface area contributed by atoms with Gasteiger partial charge in [-0.05, 0) is 49.7 Å². The average Bonchev–Trinajstić information content (AvgIpc) is 2.68. The average molecular weight is 402 g/mol. The van der Waals surface area contributed by atoms with Gasteiger partial charge in [-0.2, -0.15) is 0 Å². The number of anilines is 2. The first-order valence-corrected chi connectivity index (χ1v) is 11.3. The van der Waals surface area contributed by atoms with Crippen LogP contribution in [0.15, 0.2) is 54.6 Å². The molecule has 0 atom stereocenters. The summed E-state index contributed by atoms with van der Waals surface area (Å²) in [6.45, 7) is 2.70. The van der Waals surface area contributed by atoms with Crippen molar-refractivity contribution >= 4 is 27.3 Å². The fourth-order valence-electron chi connectivity index (χ4n) is 3.41. The Kier molecular flexibility index (Phi) is 6.36. The number of piperidine rings is 1. The van der Waals surface area contributed by atoms with Crippen molar-refractivity contribution in [3.05, 3.63) is 60.2 Å². The van der Waals surface area contributed by atoms with Gasteiger partial charge in [0.2, 0.25) is 15.9 Å². The normalized spacial score (nSPS) is 15.9. The van der Waals surface area contributed by atoms with Crippen LogP contribution in [-0.4, -0.2) is 45.6 Å². The topological polar surface area (TPSA) is 69.7 Å². The van der Waals surface area contributed by atoms with E-state index in [2.05, 4.69) is 22.3 Å². The lowest BCUT2D eigenvalue weighted by Crippen LogP contribution is -2.37. The summed E-state index contributed by atoms with van der Waals surface area (Å²) in [4.78, 5) is 15.0. The molecular formula is C21H27N3O3S. The minimum Gasteiger partial charge on any atom is -0.326 e. The van der Waals surface area contributed by atoms with Crippen molar-refractivity contribution in [2.75, 3.05) is 36.0 Å². The van der Waals surface area contributed by atoms with Crippen LogP contribution < -0.4 is 9.62 Å². The number of benzene rings is 2. The maximum absolute atomic E-state index is 12.6. The van der Waals surface area contributed by atoms with E-state index in [4.69, 9.17) is 0 Å². The molecule has 150 valence electrons. The zero-order valence-electron chi connectivity index (χ0n) is 16.3. The lowest BCUT2D eigenvalue weighted by Gasteiger charge is -2.31. The van der Waals surface area contributed by atoms with E-state index in [1.165, 1.54) is 16.9 Å². The van der Waals surface area contributed by atoms with E-state index in [-0.39, 0.29) is 11.8 Å². The number of amides is 1. The fourth-order valence-corrected chi connectivity index (χ4v) is 3.91. The number of hydrogen-bond donors (Lipinski definition) is 1. The van der Waals surface area contributed by atoms with Gasteiger partial charge in [0.05, 0.1) is 11.9 Å². The number of likely N-dealkylation sites (tertiary alicyclic amines) is 1. The first-order chi connectivity index (χ1) is 13.3. The summed E-state index contributed by atoms with van der Waals surface area (Å²) in [6.07, 6.45) is 2.80. The molecule has 0 saturated carbocycles. The van der Waals surface area contributed by atoms with E-state index >= 15 is 0 Å². The first-order valence-electron chi connectivity index (χ1n) is 9.44. The van der Waals surface area contributed by atoms with Crippen molar-refractivity contribution in [1.82, 2.24) is 4.90 Å². The number of nitrogens with one attached hydrogen (secondary N) is 1. The van der Waals surface area contributed by atoms with Gasteiger partial charge in [0, 0.05) is 25.2 Å². The van der Waals surface area contributed by atoms with Gasteiger partial charge < -0.3 is 5.32 Å². The van der Waals surface area contributed by atoms with E-state index < -0.39 is 10.0 Å². The summed E-state index contributed by atoms with van der Waals surface area (Å²) in [5.41, 5.74) is 2.43. The third kappa shape index (κ3) is 5.33. The summed E-state index contributed by atoms with van der Waals surface area (Å²) in [5, 5.41) is 2.94. The van der Waals surface area contributed by atoms with E-state index in [0.29, 0.717) is 11.4 Å². The summed E-state index contributed by atoms with van der Waals surface area (Å²) < 4.78 is 24.6. The Bertz CT molecular complexity index is 908. The quantitative estimate of drug-likeness (QED) is 0.808. The van der Waals surface area contributed by atoms with Gasteiger partial charge in [-0.3, -0.25) is 14.0 Å². The monoisotopic (exact) mass is 401 g/mol. The molecule has 2 aromatic rings. The Morgan fingerprint density at radius 3 is 2.43 bits per heavy atom. The first kappa shape index (κ1) is 20.4. The van der Waals surface area contributed by atoms with Crippen LogP contribution in [0.3, 0.4) is 0 Å². The van der Waals surface area contributed by atoms with Gasteiger partial charge in [0.25, 0.3) is 0 Å². The minimum absolute atomic E-state index is 0.00137. The highest BCUT2D eigenvalue weighted by Gasteiger charge is 2.25. The molecule has 1 aliphatic rings. The highest BCUT2D eigenvalue weighted by atomic mass is 32.2. The van der Waals surface area contributed by atoms with E-state index in [1.807, 2.05) is 18.2 Å². The zero-order valence-corrected chi connectivity index (χ0v) is 17.2. The van der Waals surface area contributed by atoms with Crippen molar-refractivity contribution in [3.8, 4) is 0 Å². The van der Waals surface area contributed by atoms with Gasteiger partial charge in [0.15, 0.2) is 0 Å². The largest absolute Gasteiger partial charge is 0.326 e. The molecule has 0 bridgehead atoms. The molecule has 0 unspecified atom stereocenters. The molecule has 28 heavy (non-hydrogen) atoms. The molecule has 1 amide bonds. The van der Waals surface area contributed by atoms with Crippen molar-refractivity contribution in [2.24, 2.45) is 5.92 Å². The molecule has 0 spiro atoms. The summed E-state index contributed by atoms with van der Waals surface area (Å²) in [5.74, 6) is -0.0261. The second kappa shape index (κ2) is 8.75. The molecule has 1 aliphatic heterocycles. The number of carbonyl (C=O) groups excluding carboxylic acids is 1. The Labute approximate surface area is 167 Å². The molecule has 1 saturated heterocycles. The summed E-state index contributed by atoms with van der Waals surface area (Å²) >= 11 is 0. The maximum Gasteiger partial charge on any atom is 0.231 e. The van der Waals surface area contributed by atoms with Gasteiger partial charge in [-0.1, -0.05) is 36.4 Å². The van der Waals surface area contributed by atoms with Gasteiger partial charge in [-0.15, -0.1) is 0 Å². The number of sulfonamides is 1. The predicted octanol–water partition coefficient (Wildman–Crippen LogP) is 2.93. The van der Waals surface area contributed by atoms with E-state index in [1.54, 1.807) is 24.3 Å². The molecule has 0 aromatic heterocycles. The highest BCUT2D eigenvalue weighted by molar-refractivity contribution is 7.92. The molecule has 6 nitrogen and oxygen atoms in total. The smallest absolute Gasteiger partial charge is 0.231 e. The minimum atomic E-state index is -3.34. The molecule has 0 aliphatic carbocycles. The van der Waals surface area contributed by atoms with Crippen LogP contribution in [-0.2, 0) is 21.4 Å². The summed E-state index contributed by atoms with van der Waals surface area (Å²) in [6, 6.07) is 17.3. The molecule has 1 fully saturated rings. The lowest BCUT2D eigenvalue weighted by molar-refractivity contribution is -0.121. The third-order valence-corrected chi connectivity index (χ3v) is 6.39. The van der Waals surface area contributed by atoms with Crippen LogP contribution in [0.2, 0.25) is 0 Å². The second-order valence-corrected chi connectivity index (χ2v) is 9.32. The van der Waals surface area contributed by atoms with Crippen LogP contribution in [0.1, 0.15) is 18.4 Å². The molecule has 1 heterocycles. The van der Waals surface area contributed by atoms with Crippen molar-refractivity contribution in [3.63, 3.8) is 0 Å². The fraction of sp³-hybridized carbons (Fsp3) is 0.381. The zero-order chi connectivity index (χ0) is 20.1. The lowest BCUT2D eigenvalue weighted by atomic mass is 9.95. The van der Waals surface area contributed by atoms with Crippen molar-refractivity contribution < 1.29 is 13.2 Å². The van der Waals surface area contributed by atoms with Crippen LogP contribution in [0.4, 0.5) is 11.4 Å².